The highest BCUT2D eigenvalue weighted by Gasteiger charge is 2.31. The molecule has 9 nitrogen and oxygen atoms in total. The molecule has 3 rings (SSSR count). The lowest BCUT2D eigenvalue weighted by Gasteiger charge is -2.23. The molecule has 218 valence electrons. The van der Waals surface area contributed by atoms with E-state index in [0.29, 0.717) is 22.6 Å². The summed E-state index contributed by atoms with van der Waals surface area (Å²) in [6.45, 7) is 0.0769. The van der Waals surface area contributed by atoms with Crippen molar-refractivity contribution in [2.75, 3.05) is 31.7 Å². The topological polar surface area (TPSA) is 126 Å². The fourth-order valence-corrected chi connectivity index (χ4v) is 4.66. The molecule has 0 bridgehead atoms. The fourth-order valence-electron chi connectivity index (χ4n) is 4.10. The van der Waals surface area contributed by atoms with E-state index >= 15 is 0 Å². The molecule has 0 saturated carbocycles. The molecule has 0 unspecified atom stereocenters. The third kappa shape index (κ3) is 9.50. The molecule has 0 aliphatic carbocycles. The molecule has 0 spiro atoms. The molecule has 0 aliphatic rings. The molecule has 0 radical (unpaired) electrons. The Morgan fingerprint density at radius 1 is 0.925 bits per heavy atom. The van der Waals surface area contributed by atoms with E-state index in [1.54, 1.807) is 30.3 Å². The van der Waals surface area contributed by atoms with Gasteiger partial charge in [0.05, 0.1) is 32.3 Å². The van der Waals surface area contributed by atoms with Crippen LogP contribution in [0, 0.1) is 0 Å². The third-order valence-electron chi connectivity index (χ3n) is 5.81. The van der Waals surface area contributed by atoms with Gasteiger partial charge < -0.3 is 29.7 Å². The number of aliphatic hydroxyl groups excluding tert-OH is 1. The molecule has 0 fully saturated rings. The first-order valence-corrected chi connectivity index (χ1v) is 13.9. The summed E-state index contributed by atoms with van der Waals surface area (Å²) >= 11 is 0. The van der Waals surface area contributed by atoms with E-state index in [-0.39, 0.29) is 36.6 Å². The second-order valence-electron chi connectivity index (χ2n) is 9.06. The Hall–Kier alpha value is -3.68. The van der Waals surface area contributed by atoms with Crippen molar-refractivity contribution in [1.29, 1.82) is 0 Å². The number of halogens is 3. The first-order chi connectivity index (χ1) is 18.8. The normalized spacial score (nSPS) is 13.4. The van der Waals surface area contributed by atoms with Gasteiger partial charge in [-0.25, -0.2) is 8.42 Å². The summed E-state index contributed by atoms with van der Waals surface area (Å²) < 4.78 is 78.3. The molecule has 13 heteroatoms. The van der Waals surface area contributed by atoms with E-state index in [0.717, 1.165) is 11.8 Å². The Kier molecular flexibility index (Phi) is 10.1. The van der Waals surface area contributed by atoms with Gasteiger partial charge in [0.15, 0.2) is 11.5 Å². The Morgan fingerprint density at radius 2 is 1.62 bits per heavy atom. The minimum Gasteiger partial charge on any atom is -0.506 e. The number of hydrogen-bond acceptors (Lipinski definition) is 8. The van der Waals surface area contributed by atoms with Gasteiger partial charge in [-0.2, -0.15) is 0 Å². The Bertz CT molecular complexity index is 1400. The summed E-state index contributed by atoms with van der Waals surface area (Å²) in [7, 11) is -0.648. The van der Waals surface area contributed by atoms with Crippen LogP contribution in [0.4, 0.5) is 18.9 Å². The number of anilines is 1. The lowest BCUT2D eigenvalue weighted by Crippen LogP contribution is -2.32. The quantitative estimate of drug-likeness (QED) is 0.221. The van der Waals surface area contributed by atoms with Crippen molar-refractivity contribution in [3.63, 3.8) is 0 Å². The number of aromatic hydroxyl groups is 1. The van der Waals surface area contributed by atoms with Crippen molar-refractivity contribution in [1.82, 2.24) is 5.32 Å². The maximum Gasteiger partial charge on any atom is 0.573 e. The van der Waals surface area contributed by atoms with Crippen LogP contribution in [0.25, 0.3) is 0 Å². The van der Waals surface area contributed by atoms with Crippen LogP contribution in [0.2, 0.25) is 0 Å². The lowest BCUT2D eigenvalue weighted by molar-refractivity contribution is -0.274. The second kappa shape index (κ2) is 13.1. The molecule has 0 aliphatic heterocycles. The summed E-state index contributed by atoms with van der Waals surface area (Å²) in [5.74, 6) is 0.349. The molecule has 0 saturated heterocycles. The molecular formula is C27H31F3N2O7S. The molecule has 3 aromatic carbocycles. The van der Waals surface area contributed by atoms with Gasteiger partial charge >= 0.3 is 6.36 Å². The number of aliphatic hydroxyl groups is 1. The van der Waals surface area contributed by atoms with Crippen LogP contribution in [-0.4, -0.2) is 58.1 Å². The molecule has 0 heterocycles. The molecule has 0 amide bonds. The molecule has 0 aromatic heterocycles. The van der Waals surface area contributed by atoms with Crippen LogP contribution in [0.3, 0.4) is 0 Å². The minimum atomic E-state index is -4.82. The van der Waals surface area contributed by atoms with Crippen LogP contribution in [0.5, 0.6) is 23.0 Å². The number of ether oxygens (including phenoxy) is 3. The molecule has 2 atom stereocenters. The van der Waals surface area contributed by atoms with E-state index in [1.807, 2.05) is 0 Å². The maximum atomic E-state index is 12.7. The fraction of sp³-hybridized carbons (Fsp3) is 0.333. The number of alkyl halides is 3. The van der Waals surface area contributed by atoms with Gasteiger partial charge in [-0.1, -0.05) is 24.3 Å². The van der Waals surface area contributed by atoms with Crippen LogP contribution >= 0.6 is 0 Å². The van der Waals surface area contributed by atoms with E-state index in [1.165, 1.54) is 44.6 Å². The van der Waals surface area contributed by atoms with Gasteiger partial charge in [0, 0.05) is 12.6 Å². The van der Waals surface area contributed by atoms with E-state index in [2.05, 4.69) is 14.8 Å². The summed E-state index contributed by atoms with van der Waals surface area (Å²) in [6, 6.07) is 14.7. The van der Waals surface area contributed by atoms with Gasteiger partial charge in [-0.15, -0.1) is 13.2 Å². The first-order valence-electron chi connectivity index (χ1n) is 12.0. The Labute approximate surface area is 230 Å². The van der Waals surface area contributed by atoms with Crippen molar-refractivity contribution in [2.45, 2.75) is 31.3 Å². The Balaban J connectivity index is 1.80. The number of methoxy groups -OCH3 is 2. The number of phenols is 1. The highest BCUT2D eigenvalue weighted by atomic mass is 32.2. The average Bonchev–Trinajstić information content (AvgIpc) is 2.86. The third-order valence-corrected chi connectivity index (χ3v) is 6.40. The zero-order valence-electron chi connectivity index (χ0n) is 22.0. The van der Waals surface area contributed by atoms with Crippen LogP contribution in [-0.2, 0) is 22.9 Å². The van der Waals surface area contributed by atoms with E-state index in [9.17, 15) is 31.8 Å². The molecule has 4 N–H and O–H groups in total. The van der Waals surface area contributed by atoms with Gasteiger partial charge in [0.2, 0.25) is 10.0 Å². The smallest absolute Gasteiger partial charge is 0.506 e. The van der Waals surface area contributed by atoms with Crippen molar-refractivity contribution >= 4 is 15.7 Å². The van der Waals surface area contributed by atoms with Crippen molar-refractivity contribution < 1.29 is 46.0 Å². The van der Waals surface area contributed by atoms with E-state index < -0.39 is 28.5 Å². The summed E-state index contributed by atoms with van der Waals surface area (Å²) in [5, 5.41) is 24.0. The SMILES string of the molecule is COc1ccc([C@@H](Cc2cccc(OC(F)(F)F)c2)NC[C@@H](O)Cc2ccc(O)c(NS(C)(=O)=O)c2)cc1OC. The minimum absolute atomic E-state index is 0.00989. The zero-order valence-corrected chi connectivity index (χ0v) is 22.8. The number of phenolic OH excluding ortho intramolecular Hbond substituents is 1. The number of sulfonamides is 1. The Morgan fingerprint density at radius 3 is 2.27 bits per heavy atom. The highest BCUT2D eigenvalue weighted by molar-refractivity contribution is 7.92. The second-order valence-corrected chi connectivity index (χ2v) is 10.8. The monoisotopic (exact) mass is 584 g/mol. The van der Waals surface area contributed by atoms with Crippen molar-refractivity contribution in [3.05, 3.63) is 77.4 Å². The summed E-state index contributed by atoms with van der Waals surface area (Å²) in [6.07, 6.45) is -4.43. The summed E-state index contributed by atoms with van der Waals surface area (Å²) in [5.41, 5.74) is 1.84. The number of rotatable bonds is 13. The van der Waals surface area contributed by atoms with Crippen LogP contribution in [0.1, 0.15) is 22.7 Å². The van der Waals surface area contributed by atoms with Crippen LogP contribution < -0.4 is 24.2 Å². The lowest BCUT2D eigenvalue weighted by atomic mass is 9.97. The first kappa shape index (κ1) is 30.9. The van der Waals surface area contributed by atoms with Crippen LogP contribution in [0.15, 0.2) is 60.7 Å². The molecule has 3 aromatic rings. The number of benzene rings is 3. The maximum absolute atomic E-state index is 12.7. The number of hydrogen-bond donors (Lipinski definition) is 4. The zero-order chi connectivity index (χ0) is 29.5. The van der Waals surface area contributed by atoms with E-state index in [4.69, 9.17) is 9.47 Å². The van der Waals surface area contributed by atoms with Gasteiger partial charge in [-0.05, 0) is 65.9 Å². The predicted molar refractivity (Wildman–Crippen MR) is 143 cm³/mol. The summed E-state index contributed by atoms with van der Waals surface area (Å²) in [4.78, 5) is 0. The van der Waals surface area contributed by atoms with Gasteiger partial charge in [0.1, 0.15) is 11.5 Å². The molecular weight excluding hydrogens is 553 g/mol. The largest absolute Gasteiger partial charge is 0.573 e. The number of nitrogens with one attached hydrogen (secondary N) is 2. The highest BCUT2D eigenvalue weighted by Crippen LogP contribution is 2.32. The van der Waals surface area contributed by atoms with Crippen molar-refractivity contribution in [3.8, 4) is 23.0 Å². The van der Waals surface area contributed by atoms with Gasteiger partial charge in [-0.3, -0.25) is 4.72 Å². The average molecular weight is 585 g/mol. The standard InChI is InChI=1S/C27H31F3N2O7S/c1-37-25-10-8-19(15-26(25)38-2)22(13-17-5-4-6-21(12-17)39-27(28,29)30)31-16-20(33)11-18-7-9-24(34)23(14-18)32-40(3,35)36/h4-10,12,14-15,20,22,31-34H,11,13,16H2,1-3H3/t20-,22+/m0/s1. The predicted octanol–water partition coefficient (Wildman–Crippen LogP) is 4.16. The van der Waals surface area contributed by atoms with Crippen molar-refractivity contribution in [2.24, 2.45) is 0 Å². The van der Waals surface area contributed by atoms with Gasteiger partial charge in [0.25, 0.3) is 0 Å². The molecule has 40 heavy (non-hydrogen) atoms.